The van der Waals surface area contributed by atoms with Crippen LogP contribution < -0.4 is 14.8 Å². The van der Waals surface area contributed by atoms with Gasteiger partial charge in [-0.2, -0.15) is 13.2 Å². The Labute approximate surface area is 180 Å². The van der Waals surface area contributed by atoms with E-state index < -0.39 is 35.1 Å². The second kappa shape index (κ2) is 9.44. The van der Waals surface area contributed by atoms with Gasteiger partial charge in [-0.25, -0.2) is 0 Å². The van der Waals surface area contributed by atoms with E-state index in [0.29, 0.717) is 0 Å². The third-order valence-corrected chi connectivity index (χ3v) is 4.57. The number of benzene rings is 2. The Morgan fingerprint density at radius 2 is 1.73 bits per heavy atom. The maximum absolute atomic E-state index is 12.9. The normalized spacial score (nSPS) is 11.1. The second-order valence-corrected chi connectivity index (χ2v) is 6.91. The topological polar surface area (TPSA) is 67.9 Å². The van der Waals surface area contributed by atoms with Crippen molar-refractivity contribution in [1.29, 1.82) is 0 Å². The summed E-state index contributed by atoms with van der Waals surface area (Å²) in [4.78, 5) is 25.9. The fraction of sp³-hybridized carbons (Fsp3) is 0.263. The monoisotopic (exact) mass is 464 g/mol. The van der Waals surface area contributed by atoms with Gasteiger partial charge >= 0.3 is 6.18 Å². The van der Waals surface area contributed by atoms with Crippen LogP contribution in [0, 0.1) is 0 Å². The Morgan fingerprint density at radius 1 is 1.07 bits per heavy atom. The molecule has 0 atom stereocenters. The number of hydrogen-bond donors (Lipinski definition) is 1. The number of nitrogens with one attached hydrogen (secondary N) is 1. The summed E-state index contributed by atoms with van der Waals surface area (Å²) < 4.78 is 49.0. The molecule has 0 bridgehead atoms. The zero-order valence-corrected chi connectivity index (χ0v) is 17.6. The van der Waals surface area contributed by atoms with Crippen molar-refractivity contribution in [2.75, 3.05) is 33.1 Å². The number of rotatable bonds is 6. The number of carbonyl (C=O) groups excluding carboxylic acids is 2. The number of methoxy groups -OCH3 is 2. The maximum atomic E-state index is 12.9. The van der Waals surface area contributed by atoms with Gasteiger partial charge < -0.3 is 19.7 Å². The molecule has 2 aromatic rings. The summed E-state index contributed by atoms with van der Waals surface area (Å²) in [5.41, 5.74) is -1.04. The minimum atomic E-state index is -4.67. The molecule has 2 rings (SSSR count). The zero-order valence-electron chi connectivity index (χ0n) is 16.1. The first-order valence-electron chi connectivity index (χ1n) is 8.31. The largest absolute Gasteiger partial charge is 0.493 e. The van der Waals surface area contributed by atoms with Crippen molar-refractivity contribution in [3.05, 3.63) is 51.5 Å². The van der Waals surface area contributed by atoms with Crippen LogP contribution in [0.1, 0.15) is 15.9 Å². The first-order chi connectivity index (χ1) is 14.0. The maximum Gasteiger partial charge on any atom is 0.417 e. The van der Waals surface area contributed by atoms with Crippen molar-refractivity contribution in [1.82, 2.24) is 4.90 Å². The summed E-state index contributed by atoms with van der Waals surface area (Å²) in [7, 11) is 4.12. The summed E-state index contributed by atoms with van der Waals surface area (Å²) in [6, 6.07) is 5.73. The number of hydrogen-bond acceptors (Lipinski definition) is 4. The number of anilines is 1. The summed E-state index contributed by atoms with van der Waals surface area (Å²) in [6.07, 6.45) is -4.67. The Balaban J connectivity index is 2.13. The van der Waals surface area contributed by atoms with E-state index in [2.05, 4.69) is 5.32 Å². The molecule has 2 aromatic carbocycles. The predicted molar refractivity (Wildman–Crippen MR) is 107 cm³/mol. The van der Waals surface area contributed by atoms with Crippen molar-refractivity contribution < 1.29 is 32.2 Å². The molecule has 6 nitrogen and oxygen atoms in total. The van der Waals surface area contributed by atoms with Gasteiger partial charge in [0.2, 0.25) is 5.91 Å². The first-order valence-corrected chi connectivity index (χ1v) is 9.07. The fourth-order valence-electron chi connectivity index (χ4n) is 2.57. The average molecular weight is 465 g/mol. The van der Waals surface area contributed by atoms with E-state index in [1.165, 1.54) is 39.5 Å². The number of amides is 2. The highest BCUT2D eigenvalue weighted by Gasteiger charge is 2.33. The molecule has 0 saturated carbocycles. The highest BCUT2D eigenvalue weighted by molar-refractivity contribution is 6.32. The van der Waals surface area contributed by atoms with Gasteiger partial charge in [0.05, 0.1) is 36.4 Å². The van der Waals surface area contributed by atoms with Crippen LogP contribution in [0.25, 0.3) is 0 Å². The molecular weight excluding hydrogens is 448 g/mol. The molecule has 11 heteroatoms. The third-order valence-electron chi connectivity index (χ3n) is 3.96. The van der Waals surface area contributed by atoms with E-state index >= 15 is 0 Å². The van der Waals surface area contributed by atoms with Gasteiger partial charge in [0.25, 0.3) is 5.91 Å². The molecule has 0 saturated heterocycles. The summed E-state index contributed by atoms with van der Waals surface area (Å²) in [5, 5.41) is 1.96. The van der Waals surface area contributed by atoms with Gasteiger partial charge in [-0.15, -0.1) is 0 Å². The molecule has 0 aliphatic heterocycles. The second-order valence-electron chi connectivity index (χ2n) is 6.10. The Kier molecular flexibility index (Phi) is 7.44. The molecule has 0 radical (unpaired) electrons. The molecule has 0 heterocycles. The molecular formula is C19H17Cl2F3N2O4. The van der Waals surface area contributed by atoms with Crippen molar-refractivity contribution in [2.45, 2.75) is 6.18 Å². The summed E-state index contributed by atoms with van der Waals surface area (Å²) >= 11 is 11.6. The highest BCUT2D eigenvalue weighted by atomic mass is 35.5. The van der Waals surface area contributed by atoms with Crippen molar-refractivity contribution in [3.63, 3.8) is 0 Å². The molecule has 162 valence electrons. The highest BCUT2D eigenvalue weighted by Crippen LogP contribution is 2.37. The smallest absolute Gasteiger partial charge is 0.417 e. The third kappa shape index (κ3) is 5.48. The number of halogens is 5. The van der Waals surface area contributed by atoms with Crippen LogP contribution >= 0.6 is 23.2 Å². The molecule has 0 unspecified atom stereocenters. The molecule has 30 heavy (non-hydrogen) atoms. The summed E-state index contributed by atoms with van der Waals surface area (Å²) in [5.74, 6) is -0.778. The van der Waals surface area contributed by atoms with Crippen molar-refractivity contribution in [2.24, 2.45) is 0 Å². The van der Waals surface area contributed by atoms with Crippen LogP contribution in [0.4, 0.5) is 18.9 Å². The van der Waals surface area contributed by atoms with Crippen LogP contribution in [0.5, 0.6) is 11.5 Å². The minimum Gasteiger partial charge on any atom is -0.493 e. The van der Waals surface area contributed by atoms with Crippen LogP contribution in [0.15, 0.2) is 30.3 Å². The SMILES string of the molecule is COc1cc(C(=O)N(C)CC(=O)Nc2ccc(Cl)c(C(F)(F)F)c2)cc(Cl)c1OC. The number of ether oxygens (including phenoxy) is 2. The molecule has 0 fully saturated rings. The lowest BCUT2D eigenvalue weighted by Gasteiger charge is -2.19. The van der Waals surface area contributed by atoms with Crippen molar-refractivity contribution in [3.8, 4) is 11.5 Å². The number of nitrogens with zero attached hydrogens (tertiary/aromatic N) is 1. The van der Waals surface area contributed by atoms with Crippen LogP contribution in [0.3, 0.4) is 0 Å². The lowest BCUT2D eigenvalue weighted by molar-refractivity contribution is -0.137. The molecule has 0 spiro atoms. The van der Waals surface area contributed by atoms with Gasteiger partial charge in [-0.3, -0.25) is 9.59 Å². The average Bonchev–Trinajstić information content (AvgIpc) is 2.67. The van der Waals surface area contributed by atoms with E-state index in [4.69, 9.17) is 32.7 Å². The van der Waals surface area contributed by atoms with Crippen LogP contribution in [-0.4, -0.2) is 44.5 Å². The van der Waals surface area contributed by atoms with Gasteiger partial charge in [0.15, 0.2) is 11.5 Å². The molecule has 2 amide bonds. The van der Waals surface area contributed by atoms with E-state index in [1.54, 1.807) is 0 Å². The number of carbonyl (C=O) groups is 2. The van der Waals surface area contributed by atoms with E-state index in [0.717, 1.165) is 17.0 Å². The van der Waals surface area contributed by atoms with Crippen molar-refractivity contribution >= 4 is 40.7 Å². The van der Waals surface area contributed by atoms with E-state index in [-0.39, 0.29) is 27.8 Å². The number of likely N-dealkylation sites (N-methyl/N-ethyl adjacent to an activating group) is 1. The van der Waals surface area contributed by atoms with Gasteiger partial charge in [-0.05, 0) is 30.3 Å². The Hall–Kier alpha value is -2.65. The Bertz CT molecular complexity index is 968. The van der Waals surface area contributed by atoms with Gasteiger partial charge in [0, 0.05) is 18.3 Å². The molecule has 0 aliphatic carbocycles. The number of alkyl halides is 3. The zero-order chi connectivity index (χ0) is 22.6. The standard InChI is InChI=1S/C19H17Cl2F3N2O4/c1-26(18(28)10-6-14(21)17(30-3)15(7-10)29-2)9-16(27)25-11-4-5-13(20)12(8-11)19(22,23)24/h4-8H,9H2,1-3H3,(H,25,27). The van der Waals surface area contributed by atoms with E-state index in [1.807, 2.05) is 0 Å². The Morgan fingerprint density at radius 3 is 2.30 bits per heavy atom. The van der Waals surface area contributed by atoms with Gasteiger partial charge in [-0.1, -0.05) is 23.2 Å². The minimum absolute atomic E-state index is 0.105. The lowest BCUT2D eigenvalue weighted by Crippen LogP contribution is -2.35. The van der Waals surface area contributed by atoms with Crippen LogP contribution in [0.2, 0.25) is 10.0 Å². The molecule has 0 aliphatic rings. The predicted octanol–water partition coefficient (Wildman–Crippen LogP) is 4.74. The van der Waals surface area contributed by atoms with Gasteiger partial charge in [0.1, 0.15) is 0 Å². The fourth-order valence-corrected chi connectivity index (χ4v) is 3.08. The van der Waals surface area contributed by atoms with E-state index in [9.17, 15) is 22.8 Å². The molecule has 0 aromatic heterocycles. The quantitative estimate of drug-likeness (QED) is 0.670. The molecule has 1 N–H and O–H groups in total. The van der Waals surface area contributed by atoms with Crippen LogP contribution in [-0.2, 0) is 11.0 Å². The first kappa shape index (κ1) is 23.6. The summed E-state index contributed by atoms with van der Waals surface area (Å²) in [6.45, 7) is -0.422. The lowest BCUT2D eigenvalue weighted by atomic mass is 10.1.